The average Bonchev–Trinajstić information content (AvgIpc) is 2.65. The number of hydrogen-bond acceptors (Lipinski definition) is 5. The summed E-state index contributed by atoms with van der Waals surface area (Å²) in [4.78, 5) is 12.6. The lowest BCUT2D eigenvalue weighted by Crippen LogP contribution is -2.24. The van der Waals surface area contributed by atoms with Crippen LogP contribution in [-0.4, -0.2) is 33.3 Å². The van der Waals surface area contributed by atoms with E-state index in [0.29, 0.717) is 35.1 Å². The van der Waals surface area contributed by atoms with E-state index in [9.17, 15) is 4.79 Å². The Morgan fingerprint density at radius 2 is 1.54 bits per heavy atom. The van der Waals surface area contributed by atoms with E-state index in [1.54, 1.807) is 25.3 Å². The third kappa shape index (κ3) is 4.59. The summed E-state index contributed by atoms with van der Waals surface area (Å²) in [5.41, 5.74) is 1.25. The van der Waals surface area contributed by atoms with Crippen LogP contribution < -0.4 is 24.3 Å². The maximum Gasteiger partial charge on any atom is 0.259 e. The van der Waals surface area contributed by atoms with E-state index in [4.69, 9.17) is 18.9 Å². The summed E-state index contributed by atoms with van der Waals surface area (Å²) in [5, 5.41) is 2.88. The summed E-state index contributed by atoms with van der Waals surface area (Å²) in [7, 11) is 4.62. The molecule has 2 rings (SSSR count). The van der Waals surface area contributed by atoms with Gasteiger partial charge in [0.1, 0.15) is 17.1 Å². The highest BCUT2D eigenvalue weighted by atomic mass is 16.5. The molecule has 0 radical (unpaired) electrons. The number of benzene rings is 2. The molecule has 6 heteroatoms. The van der Waals surface area contributed by atoms with Crippen molar-refractivity contribution in [3.8, 4) is 23.0 Å². The number of carbonyl (C=O) groups excluding carboxylic acids is 1. The molecule has 0 saturated heterocycles. The van der Waals surface area contributed by atoms with Gasteiger partial charge in [-0.3, -0.25) is 4.79 Å². The molecule has 26 heavy (non-hydrogen) atoms. The fourth-order valence-corrected chi connectivity index (χ4v) is 2.52. The lowest BCUT2D eigenvalue weighted by Gasteiger charge is -2.15. The van der Waals surface area contributed by atoms with Crippen molar-refractivity contribution < 1.29 is 23.7 Å². The highest BCUT2D eigenvalue weighted by Gasteiger charge is 2.18. The Kier molecular flexibility index (Phi) is 6.72. The van der Waals surface area contributed by atoms with Crippen molar-refractivity contribution >= 4 is 5.91 Å². The van der Waals surface area contributed by atoms with Crippen LogP contribution in [-0.2, 0) is 6.54 Å². The van der Waals surface area contributed by atoms with Crippen molar-refractivity contribution in [3.05, 3.63) is 47.5 Å². The van der Waals surface area contributed by atoms with E-state index in [1.807, 2.05) is 32.0 Å². The molecular formula is C20H25NO5. The highest BCUT2D eigenvalue weighted by Crippen LogP contribution is 2.30. The zero-order valence-electron chi connectivity index (χ0n) is 15.8. The molecule has 1 amide bonds. The molecule has 0 aromatic heterocycles. The first-order chi connectivity index (χ1) is 12.5. The predicted molar refractivity (Wildman–Crippen MR) is 99.5 cm³/mol. The molecule has 0 saturated carbocycles. The van der Waals surface area contributed by atoms with Crippen LogP contribution in [0.25, 0.3) is 0 Å². The van der Waals surface area contributed by atoms with Gasteiger partial charge in [0, 0.05) is 6.54 Å². The first-order valence-electron chi connectivity index (χ1n) is 8.32. The van der Waals surface area contributed by atoms with Crippen molar-refractivity contribution in [1.29, 1.82) is 0 Å². The molecule has 140 valence electrons. The number of amides is 1. The number of nitrogens with one attached hydrogen (secondary N) is 1. The van der Waals surface area contributed by atoms with Crippen LogP contribution in [0, 0.1) is 0 Å². The van der Waals surface area contributed by atoms with Crippen LogP contribution in [0.15, 0.2) is 36.4 Å². The average molecular weight is 359 g/mol. The minimum atomic E-state index is -0.277. The third-order valence-electron chi connectivity index (χ3n) is 3.70. The molecule has 0 spiro atoms. The Bertz CT molecular complexity index is 736. The van der Waals surface area contributed by atoms with Crippen molar-refractivity contribution in [1.82, 2.24) is 5.32 Å². The summed E-state index contributed by atoms with van der Waals surface area (Å²) in [6.45, 7) is 4.24. The molecule has 0 aliphatic rings. The topological polar surface area (TPSA) is 66.0 Å². The van der Waals surface area contributed by atoms with Crippen molar-refractivity contribution in [3.63, 3.8) is 0 Å². The molecule has 0 heterocycles. The zero-order valence-corrected chi connectivity index (χ0v) is 15.8. The van der Waals surface area contributed by atoms with Crippen molar-refractivity contribution in [2.45, 2.75) is 26.5 Å². The van der Waals surface area contributed by atoms with E-state index in [2.05, 4.69) is 5.32 Å². The van der Waals surface area contributed by atoms with Gasteiger partial charge in [-0.15, -0.1) is 0 Å². The summed E-state index contributed by atoms with van der Waals surface area (Å²) in [6, 6.07) is 10.8. The van der Waals surface area contributed by atoms with Gasteiger partial charge in [-0.1, -0.05) is 12.1 Å². The molecule has 2 aromatic rings. The third-order valence-corrected chi connectivity index (χ3v) is 3.70. The summed E-state index contributed by atoms with van der Waals surface area (Å²) >= 11 is 0. The minimum absolute atomic E-state index is 0.0486. The molecule has 0 aliphatic heterocycles. The largest absolute Gasteiger partial charge is 0.496 e. The SMILES string of the molecule is COc1cc(CNC(=O)c2c(OC)cccc2OC)ccc1OC(C)C. The highest BCUT2D eigenvalue weighted by molar-refractivity contribution is 5.99. The van der Waals surface area contributed by atoms with Crippen molar-refractivity contribution in [2.24, 2.45) is 0 Å². The van der Waals surface area contributed by atoms with E-state index in [0.717, 1.165) is 5.56 Å². The Labute approximate surface area is 154 Å². The lowest BCUT2D eigenvalue weighted by atomic mass is 10.1. The van der Waals surface area contributed by atoms with E-state index in [-0.39, 0.29) is 12.0 Å². The Balaban J connectivity index is 2.15. The summed E-state index contributed by atoms with van der Waals surface area (Å²) < 4.78 is 21.6. The standard InChI is InChI=1S/C20H25NO5/c1-13(2)26-15-10-9-14(11-18(15)25-5)12-21-20(22)19-16(23-3)7-6-8-17(19)24-4/h6-11,13H,12H2,1-5H3,(H,21,22). The zero-order chi connectivity index (χ0) is 19.1. The van der Waals surface area contributed by atoms with Gasteiger partial charge in [0.15, 0.2) is 11.5 Å². The van der Waals surface area contributed by atoms with Crippen LogP contribution in [0.3, 0.4) is 0 Å². The fourth-order valence-electron chi connectivity index (χ4n) is 2.52. The van der Waals surface area contributed by atoms with Crippen LogP contribution in [0.1, 0.15) is 29.8 Å². The molecule has 0 unspecified atom stereocenters. The molecule has 0 fully saturated rings. The van der Waals surface area contributed by atoms with Gasteiger partial charge in [0.2, 0.25) is 0 Å². The minimum Gasteiger partial charge on any atom is -0.496 e. The number of hydrogen-bond donors (Lipinski definition) is 1. The second-order valence-electron chi connectivity index (χ2n) is 5.87. The quantitative estimate of drug-likeness (QED) is 0.782. The van der Waals surface area contributed by atoms with Gasteiger partial charge in [0.25, 0.3) is 5.91 Å². The van der Waals surface area contributed by atoms with Gasteiger partial charge in [-0.2, -0.15) is 0 Å². The Hall–Kier alpha value is -2.89. The Morgan fingerprint density at radius 1 is 0.923 bits per heavy atom. The number of ether oxygens (including phenoxy) is 4. The normalized spacial score (nSPS) is 10.4. The Morgan fingerprint density at radius 3 is 2.08 bits per heavy atom. The van der Waals surface area contributed by atoms with E-state index in [1.165, 1.54) is 14.2 Å². The first-order valence-corrected chi connectivity index (χ1v) is 8.32. The molecule has 0 bridgehead atoms. The van der Waals surface area contributed by atoms with Crippen LogP contribution >= 0.6 is 0 Å². The maximum atomic E-state index is 12.6. The number of methoxy groups -OCH3 is 3. The van der Waals surface area contributed by atoms with E-state index < -0.39 is 0 Å². The molecule has 0 atom stereocenters. The molecule has 1 N–H and O–H groups in total. The second-order valence-corrected chi connectivity index (χ2v) is 5.87. The maximum absolute atomic E-state index is 12.6. The van der Waals surface area contributed by atoms with Gasteiger partial charge in [-0.25, -0.2) is 0 Å². The lowest BCUT2D eigenvalue weighted by molar-refractivity contribution is 0.0944. The van der Waals surface area contributed by atoms with E-state index >= 15 is 0 Å². The predicted octanol–water partition coefficient (Wildman–Crippen LogP) is 3.43. The molecule has 2 aromatic carbocycles. The molecule has 6 nitrogen and oxygen atoms in total. The molecular weight excluding hydrogens is 334 g/mol. The number of rotatable bonds is 8. The van der Waals surface area contributed by atoms with Gasteiger partial charge in [0.05, 0.1) is 27.4 Å². The monoisotopic (exact) mass is 359 g/mol. The summed E-state index contributed by atoms with van der Waals surface area (Å²) in [5.74, 6) is 1.94. The van der Waals surface area contributed by atoms with Crippen LogP contribution in [0.5, 0.6) is 23.0 Å². The van der Waals surface area contributed by atoms with Crippen LogP contribution in [0.4, 0.5) is 0 Å². The summed E-state index contributed by atoms with van der Waals surface area (Å²) in [6.07, 6.45) is 0.0486. The van der Waals surface area contributed by atoms with Gasteiger partial charge >= 0.3 is 0 Å². The second kappa shape index (κ2) is 8.99. The van der Waals surface area contributed by atoms with Crippen LogP contribution in [0.2, 0.25) is 0 Å². The number of carbonyl (C=O) groups is 1. The van der Waals surface area contributed by atoms with Gasteiger partial charge in [-0.05, 0) is 43.7 Å². The molecule has 0 aliphatic carbocycles. The fraction of sp³-hybridized carbons (Fsp3) is 0.350. The van der Waals surface area contributed by atoms with Gasteiger partial charge < -0.3 is 24.3 Å². The first kappa shape index (κ1) is 19.4. The van der Waals surface area contributed by atoms with Crippen molar-refractivity contribution in [2.75, 3.05) is 21.3 Å². The smallest absolute Gasteiger partial charge is 0.259 e.